The Morgan fingerprint density at radius 2 is 2.24 bits per heavy atom. The van der Waals surface area contributed by atoms with E-state index in [2.05, 4.69) is 20.9 Å². The molecule has 0 radical (unpaired) electrons. The van der Waals surface area contributed by atoms with Crippen molar-refractivity contribution in [3.05, 3.63) is 40.8 Å². The number of carbonyl (C=O) groups excluding carboxylic acids is 1. The number of hydrogen-bond donors (Lipinski definition) is 0. The SMILES string of the molecule is CCOC(=O)c1ncoc1-c1ccccc1Br. The number of nitrogens with zero attached hydrogens (tertiary/aromatic N) is 1. The van der Waals surface area contributed by atoms with Gasteiger partial charge in [0.25, 0.3) is 0 Å². The van der Waals surface area contributed by atoms with Crippen molar-refractivity contribution in [1.29, 1.82) is 0 Å². The molecule has 0 aliphatic carbocycles. The van der Waals surface area contributed by atoms with Gasteiger partial charge in [-0.05, 0) is 13.0 Å². The number of benzene rings is 1. The highest BCUT2D eigenvalue weighted by Crippen LogP contribution is 2.30. The van der Waals surface area contributed by atoms with Crippen molar-refractivity contribution in [3.63, 3.8) is 0 Å². The van der Waals surface area contributed by atoms with E-state index in [0.717, 1.165) is 10.0 Å². The second-order valence-electron chi connectivity index (χ2n) is 3.23. The molecular weight excluding hydrogens is 286 g/mol. The predicted octanol–water partition coefficient (Wildman–Crippen LogP) is 3.28. The van der Waals surface area contributed by atoms with E-state index < -0.39 is 5.97 Å². The molecule has 1 heterocycles. The van der Waals surface area contributed by atoms with Gasteiger partial charge < -0.3 is 9.15 Å². The highest BCUT2D eigenvalue weighted by atomic mass is 79.9. The molecule has 1 aromatic carbocycles. The van der Waals surface area contributed by atoms with Crippen LogP contribution in [0.5, 0.6) is 0 Å². The van der Waals surface area contributed by atoms with Crippen LogP contribution in [0.4, 0.5) is 0 Å². The van der Waals surface area contributed by atoms with Gasteiger partial charge in [0.1, 0.15) is 0 Å². The summed E-state index contributed by atoms with van der Waals surface area (Å²) in [4.78, 5) is 15.5. The monoisotopic (exact) mass is 295 g/mol. The smallest absolute Gasteiger partial charge is 0.360 e. The van der Waals surface area contributed by atoms with Crippen LogP contribution in [0.2, 0.25) is 0 Å². The third-order valence-electron chi connectivity index (χ3n) is 2.15. The van der Waals surface area contributed by atoms with E-state index in [4.69, 9.17) is 9.15 Å². The number of rotatable bonds is 3. The highest BCUT2D eigenvalue weighted by molar-refractivity contribution is 9.10. The average Bonchev–Trinajstić information content (AvgIpc) is 2.79. The van der Waals surface area contributed by atoms with Crippen LogP contribution in [-0.4, -0.2) is 17.6 Å². The third kappa shape index (κ3) is 2.39. The number of hydrogen-bond acceptors (Lipinski definition) is 4. The number of aromatic nitrogens is 1. The van der Waals surface area contributed by atoms with Crippen LogP contribution in [0.3, 0.4) is 0 Å². The number of carbonyl (C=O) groups is 1. The zero-order valence-electron chi connectivity index (χ0n) is 9.14. The van der Waals surface area contributed by atoms with Crippen LogP contribution in [0.25, 0.3) is 11.3 Å². The molecule has 0 amide bonds. The Labute approximate surface area is 107 Å². The van der Waals surface area contributed by atoms with Crippen molar-refractivity contribution in [2.75, 3.05) is 6.61 Å². The number of ether oxygens (including phenoxy) is 1. The summed E-state index contributed by atoms with van der Waals surface area (Å²) in [6.07, 6.45) is 1.24. The van der Waals surface area contributed by atoms with Crippen LogP contribution < -0.4 is 0 Å². The summed E-state index contributed by atoms with van der Waals surface area (Å²) >= 11 is 3.40. The Hall–Kier alpha value is -1.62. The summed E-state index contributed by atoms with van der Waals surface area (Å²) in [7, 11) is 0. The molecule has 0 saturated heterocycles. The van der Waals surface area contributed by atoms with Crippen molar-refractivity contribution in [3.8, 4) is 11.3 Å². The molecule has 0 fully saturated rings. The van der Waals surface area contributed by atoms with Gasteiger partial charge in [-0.15, -0.1) is 0 Å². The Kier molecular flexibility index (Phi) is 3.58. The minimum atomic E-state index is -0.480. The fraction of sp³-hybridized carbons (Fsp3) is 0.167. The van der Waals surface area contributed by atoms with Crippen LogP contribution >= 0.6 is 15.9 Å². The first-order valence-electron chi connectivity index (χ1n) is 5.09. The molecule has 1 aromatic heterocycles. The van der Waals surface area contributed by atoms with Crippen molar-refractivity contribution in [2.45, 2.75) is 6.92 Å². The lowest BCUT2D eigenvalue weighted by Gasteiger charge is -2.03. The molecule has 0 aliphatic rings. The largest absolute Gasteiger partial charge is 0.461 e. The van der Waals surface area contributed by atoms with Crippen molar-refractivity contribution >= 4 is 21.9 Å². The Morgan fingerprint density at radius 3 is 2.94 bits per heavy atom. The molecule has 0 atom stereocenters. The van der Waals surface area contributed by atoms with Crippen molar-refractivity contribution in [1.82, 2.24) is 4.98 Å². The topological polar surface area (TPSA) is 52.3 Å². The van der Waals surface area contributed by atoms with Gasteiger partial charge in [-0.25, -0.2) is 9.78 Å². The fourth-order valence-corrected chi connectivity index (χ4v) is 1.89. The van der Waals surface area contributed by atoms with Gasteiger partial charge in [-0.2, -0.15) is 0 Å². The summed E-state index contributed by atoms with van der Waals surface area (Å²) in [5.41, 5.74) is 0.965. The normalized spacial score (nSPS) is 10.2. The van der Waals surface area contributed by atoms with E-state index >= 15 is 0 Å². The first-order chi connectivity index (χ1) is 8.24. The van der Waals surface area contributed by atoms with Crippen LogP contribution in [0, 0.1) is 0 Å². The van der Waals surface area contributed by atoms with Crippen LogP contribution in [0.15, 0.2) is 39.5 Å². The summed E-state index contributed by atoms with van der Waals surface area (Å²) in [5, 5.41) is 0. The molecule has 0 aliphatic heterocycles. The zero-order chi connectivity index (χ0) is 12.3. The Balaban J connectivity index is 2.44. The lowest BCUT2D eigenvalue weighted by molar-refractivity contribution is 0.0520. The summed E-state index contributed by atoms with van der Waals surface area (Å²) in [6.45, 7) is 2.05. The summed E-state index contributed by atoms with van der Waals surface area (Å²) < 4.78 is 11.0. The molecule has 2 rings (SSSR count). The molecule has 5 heteroatoms. The molecule has 2 aromatic rings. The van der Waals surface area contributed by atoms with E-state index in [1.54, 1.807) is 6.92 Å². The number of halogens is 1. The van der Waals surface area contributed by atoms with Gasteiger partial charge in [0, 0.05) is 10.0 Å². The second kappa shape index (κ2) is 5.14. The molecule has 17 heavy (non-hydrogen) atoms. The lowest BCUT2D eigenvalue weighted by atomic mass is 10.1. The second-order valence-corrected chi connectivity index (χ2v) is 4.08. The Morgan fingerprint density at radius 1 is 1.47 bits per heavy atom. The van der Waals surface area contributed by atoms with Crippen LogP contribution in [0.1, 0.15) is 17.4 Å². The van der Waals surface area contributed by atoms with E-state index in [1.165, 1.54) is 6.39 Å². The zero-order valence-corrected chi connectivity index (χ0v) is 10.7. The van der Waals surface area contributed by atoms with E-state index in [0.29, 0.717) is 12.4 Å². The van der Waals surface area contributed by atoms with Gasteiger partial charge in [-0.3, -0.25) is 0 Å². The van der Waals surface area contributed by atoms with Crippen molar-refractivity contribution in [2.24, 2.45) is 0 Å². The van der Waals surface area contributed by atoms with Gasteiger partial charge in [0.15, 0.2) is 17.8 Å². The minimum absolute atomic E-state index is 0.193. The quantitative estimate of drug-likeness (QED) is 0.816. The van der Waals surface area contributed by atoms with E-state index in [-0.39, 0.29) is 5.69 Å². The maximum Gasteiger partial charge on any atom is 0.360 e. The summed E-state index contributed by atoms with van der Waals surface area (Å²) in [6, 6.07) is 7.45. The highest BCUT2D eigenvalue weighted by Gasteiger charge is 2.20. The molecule has 4 nitrogen and oxygen atoms in total. The molecule has 0 N–H and O–H groups in total. The summed E-state index contributed by atoms with van der Waals surface area (Å²) in [5.74, 6) is -0.0667. The fourth-order valence-electron chi connectivity index (χ4n) is 1.43. The van der Waals surface area contributed by atoms with Gasteiger partial charge in [-0.1, -0.05) is 34.1 Å². The van der Waals surface area contributed by atoms with Gasteiger partial charge >= 0.3 is 5.97 Å². The molecule has 88 valence electrons. The van der Waals surface area contributed by atoms with E-state index in [1.807, 2.05) is 24.3 Å². The number of esters is 1. The lowest BCUT2D eigenvalue weighted by Crippen LogP contribution is -2.06. The molecular formula is C12H10BrNO3. The maximum absolute atomic E-state index is 11.7. The molecule has 0 bridgehead atoms. The first kappa shape index (κ1) is 11.9. The van der Waals surface area contributed by atoms with E-state index in [9.17, 15) is 4.79 Å². The standard InChI is InChI=1S/C12H10BrNO3/c1-2-16-12(15)10-11(17-7-14-10)8-5-3-4-6-9(8)13/h3-7H,2H2,1H3. The maximum atomic E-state index is 11.7. The van der Waals surface area contributed by atoms with Gasteiger partial charge in [0.05, 0.1) is 6.61 Å². The third-order valence-corrected chi connectivity index (χ3v) is 2.85. The predicted molar refractivity (Wildman–Crippen MR) is 65.6 cm³/mol. The first-order valence-corrected chi connectivity index (χ1v) is 5.88. The van der Waals surface area contributed by atoms with Gasteiger partial charge in [0.2, 0.25) is 0 Å². The van der Waals surface area contributed by atoms with Crippen molar-refractivity contribution < 1.29 is 13.9 Å². The molecule has 0 spiro atoms. The molecule has 0 saturated carbocycles. The number of oxazole rings is 1. The average molecular weight is 296 g/mol. The minimum Gasteiger partial charge on any atom is -0.461 e. The Bertz CT molecular complexity index is 536. The van der Waals surface area contributed by atoms with Crippen LogP contribution in [-0.2, 0) is 4.74 Å². The molecule has 0 unspecified atom stereocenters.